The average molecular weight is 223 g/mol. The van der Waals surface area contributed by atoms with Gasteiger partial charge in [0.25, 0.3) is 0 Å². The maximum Gasteiger partial charge on any atom is 0.0398 e. The molecule has 13 heavy (non-hydrogen) atoms. The van der Waals surface area contributed by atoms with Gasteiger partial charge >= 0.3 is 0 Å². The van der Waals surface area contributed by atoms with E-state index in [2.05, 4.69) is 19.2 Å². The van der Waals surface area contributed by atoms with Crippen LogP contribution in [0.4, 0.5) is 11.4 Å². The second-order valence-corrected chi connectivity index (χ2v) is 2.78. The van der Waals surface area contributed by atoms with Crippen molar-refractivity contribution in [2.75, 3.05) is 18.1 Å². The van der Waals surface area contributed by atoms with Crippen molar-refractivity contribution in [3.8, 4) is 0 Å². The summed E-state index contributed by atoms with van der Waals surface area (Å²) >= 11 is 0. The van der Waals surface area contributed by atoms with Gasteiger partial charge in [0.2, 0.25) is 0 Å². The Bertz CT molecular complexity index is 251. The van der Waals surface area contributed by atoms with Crippen molar-refractivity contribution in [3.63, 3.8) is 0 Å². The quantitative estimate of drug-likeness (QED) is 0.718. The van der Waals surface area contributed by atoms with E-state index in [0.717, 1.165) is 5.69 Å². The van der Waals surface area contributed by atoms with Gasteiger partial charge in [0.05, 0.1) is 0 Å². The molecule has 0 atom stereocenters. The van der Waals surface area contributed by atoms with Gasteiger partial charge in [0.15, 0.2) is 0 Å². The Hall–Kier alpha value is -0.600. The number of nitrogens with one attached hydrogen (secondary N) is 1. The molecular weight excluding hydrogens is 207 g/mol. The second kappa shape index (κ2) is 5.95. The van der Waals surface area contributed by atoms with Gasteiger partial charge in [-0.1, -0.05) is 0 Å². The lowest BCUT2D eigenvalue weighted by atomic mass is 10.1. The molecule has 0 fully saturated rings. The first-order chi connectivity index (χ1) is 5.15. The molecule has 2 nitrogen and oxygen atoms in total. The molecule has 1 aromatic rings. The first kappa shape index (κ1) is 14.9. The Balaban J connectivity index is 0. The molecule has 0 aliphatic rings. The Morgan fingerprint density at radius 2 is 1.46 bits per heavy atom. The molecule has 0 aliphatic heterocycles. The van der Waals surface area contributed by atoms with E-state index in [9.17, 15) is 0 Å². The predicted molar refractivity (Wildman–Crippen MR) is 64.4 cm³/mol. The first-order valence-corrected chi connectivity index (χ1v) is 3.69. The zero-order valence-electron chi connectivity index (χ0n) is 8.05. The number of halogens is 2. The number of nitrogen functional groups attached to an aromatic ring is 1. The van der Waals surface area contributed by atoms with Crippen molar-refractivity contribution in [2.24, 2.45) is 0 Å². The van der Waals surface area contributed by atoms with E-state index >= 15 is 0 Å². The molecule has 0 saturated carbocycles. The molecule has 1 rings (SSSR count). The van der Waals surface area contributed by atoms with Gasteiger partial charge in [-0.25, -0.2) is 0 Å². The lowest BCUT2D eigenvalue weighted by molar-refractivity contribution is 1.34. The van der Waals surface area contributed by atoms with Crippen molar-refractivity contribution in [3.05, 3.63) is 23.3 Å². The number of anilines is 2. The van der Waals surface area contributed by atoms with Crippen LogP contribution in [0.15, 0.2) is 12.1 Å². The zero-order valence-corrected chi connectivity index (χ0v) is 9.68. The number of rotatable bonds is 1. The van der Waals surface area contributed by atoms with Crippen LogP contribution in [0.3, 0.4) is 0 Å². The van der Waals surface area contributed by atoms with Crippen LogP contribution in [-0.4, -0.2) is 7.05 Å². The molecule has 0 heterocycles. The summed E-state index contributed by atoms with van der Waals surface area (Å²) in [5, 5.41) is 3.14. The van der Waals surface area contributed by atoms with E-state index in [0.29, 0.717) is 0 Å². The van der Waals surface area contributed by atoms with E-state index in [4.69, 9.17) is 5.73 Å². The van der Waals surface area contributed by atoms with E-state index in [1.165, 1.54) is 16.8 Å². The van der Waals surface area contributed by atoms with Crippen molar-refractivity contribution >= 4 is 36.2 Å². The third-order valence-corrected chi connectivity index (χ3v) is 1.81. The highest BCUT2D eigenvalue weighted by atomic mass is 35.5. The van der Waals surface area contributed by atoms with Crippen molar-refractivity contribution in [1.29, 1.82) is 0 Å². The third kappa shape index (κ3) is 3.33. The lowest BCUT2D eigenvalue weighted by Gasteiger charge is -2.09. The molecule has 0 radical (unpaired) electrons. The van der Waals surface area contributed by atoms with Crippen LogP contribution in [0, 0.1) is 13.8 Å². The summed E-state index contributed by atoms with van der Waals surface area (Å²) in [7, 11) is 1.92. The molecule has 0 spiro atoms. The molecule has 0 saturated heterocycles. The van der Waals surface area contributed by atoms with Crippen molar-refractivity contribution in [1.82, 2.24) is 0 Å². The summed E-state index contributed by atoms with van der Waals surface area (Å²) in [4.78, 5) is 0. The number of hydrogen-bond donors (Lipinski definition) is 2. The van der Waals surface area contributed by atoms with E-state index in [-0.39, 0.29) is 24.8 Å². The highest BCUT2D eigenvalue weighted by Gasteiger charge is 1.99. The summed E-state index contributed by atoms with van der Waals surface area (Å²) in [5.74, 6) is 0. The fourth-order valence-corrected chi connectivity index (χ4v) is 1.39. The number of benzene rings is 1. The van der Waals surface area contributed by atoms with E-state index in [1.807, 2.05) is 19.2 Å². The summed E-state index contributed by atoms with van der Waals surface area (Å²) < 4.78 is 0. The van der Waals surface area contributed by atoms with Crippen LogP contribution in [0.5, 0.6) is 0 Å². The predicted octanol–water partition coefficient (Wildman–Crippen LogP) is 2.77. The Labute approximate surface area is 91.7 Å². The molecule has 3 N–H and O–H groups in total. The zero-order chi connectivity index (χ0) is 8.43. The van der Waals surface area contributed by atoms with Crippen LogP contribution in [0.25, 0.3) is 0 Å². The molecule has 1 aromatic carbocycles. The Morgan fingerprint density at radius 1 is 1.08 bits per heavy atom. The van der Waals surface area contributed by atoms with Gasteiger partial charge in [-0.15, -0.1) is 24.8 Å². The minimum atomic E-state index is 0. The molecule has 0 unspecified atom stereocenters. The second-order valence-electron chi connectivity index (χ2n) is 2.78. The minimum absolute atomic E-state index is 0. The highest BCUT2D eigenvalue weighted by Crippen LogP contribution is 2.22. The minimum Gasteiger partial charge on any atom is -0.399 e. The molecule has 76 valence electrons. The van der Waals surface area contributed by atoms with Crippen LogP contribution in [0.1, 0.15) is 11.1 Å². The van der Waals surface area contributed by atoms with Crippen LogP contribution >= 0.6 is 24.8 Å². The van der Waals surface area contributed by atoms with Gasteiger partial charge < -0.3 is 11.1 Å². The molecule has 4 heteroatoms. The topological polar surface area (TPSA) is 38.0 Å². The van der Waals surface area contributed by atoms with Crippen LogP contribution < -0.4 is 11.1 Å². The fraction of sp³-hybridized carbons (Fsp3) is 0.333. The van der Waals surface area contributed by atoms with Gasteiger partial charge in [0.1, 0.15) is 0 Å². The van der Waals surface area contributed by atoms with Gasteiger partial charge in [-0.05, 0) is 37.1 Å². The van der Waals surface area contributed by atoms with Crippen molar-refractivity contribution < 1.29 is 0 Å². The monoisotopic (exact) mass is 222 g/mol. The van der Waals surface area contributed by atoms with Crippen LogP contribution in [0.2, 0.25) is 0 Å². The number of hydrogen-bond acceptors (Lipinski definition) is 2. The number of aryl methyl sites for hydroxylation is 2. The average Bonchev–Trinajstić information content (AvgIpc) is 1.85. The Morgan fingerprint density at radius 3 is 1.77 bits per heavy atom. The summed E-state index contributed by atoms with van der Waals surface area (Å²) in [6.07, 6.45) is 0. The normalized spacial score (nSPS) is 8.23. The summed E-state index contributed by atoms with van der Waals surface area (Å²) in [5.41, 5.74) is 10.1. The Kier molecular flexibility index (Phi) is 6.82. The molecule has 0 bridgehead atoms. The summed E-state index contributed by atoms with van der Waals surface area (Å²) in [6, 6.07) is 3.94. The molecule has 0 aromatic heterocycles. The van der Waals surface area contributed by atoms with Gasteiger partial charge in [0, 0.05) is 18.4 Å². The number of nitrogens with two attached hydrogens (primary N) is 1. The molecular formula is C9H16Cl2N2. The lowest BCUT2D eigenvalue weighted by Crippen LogP contribution is -1.96. The van der Waals surface area contributed by atoms with Gasteiger partial charge in [-0.3, -0.25) is 0 Å². The standard InChI is InChI=1S/C9H14N2.2ClH/c1-6-4-8(10)5-7(2)9(6)11-3;;/h4-5,11H,10H2,1-3H3;2*1H. The van der Waals surface area contributed by atoms with E-state index in [1.54, 1.807) is 0 Å². The van der Waals surface area contributed by atoms with E-state index < -0.39 is 0 Å². The molecule has 0 amide bonds. The smallest absolute Gasteiger partial charge is 0.0398 e. The highest BCUT2D eigenvalue weighted by molar-refractivity contribution is 5.85. The van der Waals surface area contributed by atoms with Gasteiger partial charge in [-0.2, -0.15) is 0 Å². The summed E-state index contributed by atoms with van der Waals surface area (Å²) in [6.45, 7) is 4.10. The largest absolute Gasteiger partial charge is 0.399 e. The fourth-order valence-electron chi connectivity index (χ4n) is 1.39. The maximum absolute atomic E-state index is 5.66. The first-order valence-electron chi connectivity index (χ1n) is 3.69. The SMILES string of the molecule is CNc1c(C)cc(N)cc1C.Cl.Cl. The van der Waals surface area contributed by atoms with Crippen LogP contribution in [-0.2, 0) is 0 Å². The maximum atomic E-state index is 5.66. The van der Waals surface area contributed by atoms with Crippen molar-refractivity contribution in [2.45, 2.75) is 13.8 Å². The third-order valence-electron chi connectivity index (χ3n) is 1.81. The molecule has 0 aliphatic carbocycles.